The zero-order valence-corrected chi connectivity index (χ0v) is 12.6. The highest BCUT2D eigenvalue weighted by Crippen LogP contribution is 2.28. The van der Waals surface area contributed by atoms with Gasteiger partial charge >= 0.3 is 0 Å². The number of nitrogens with zero attached hydrogens (tertiary/aromatic N) is 2. The second-order valence-corrected chi connectivity index (χ2v) is 5.54. The summed E-state index contributed by atoms with van der Waals surface area (Å²) in [6.07, 6.45) is 8.76. The Balaban J connectivity index is 1.97. The fourth-order valence-electron chi connectivity index (χ4n) is 2.61. The highest BCUT2D eigenvalue weighted by molar-refractivity contribution is 5.64. The van der Waals surface area contributed by atoms with Crippen molar-refractivity contribution in [1.29, 1.82) is 0 Å². The van der Waals surface area contributed by atoms with Gasteiger partial charge in [-0.05, 0) is 31.1 Å². The molecule has 0 spiro atoms. The SMILES string of the molecule is C=C(c1nn(-c2ccccc2)ccc1=O)C1C=CC=C(C)C1. The molecule has 3 nitrogen and oxygen atoms in total. The van der Waals surface area contributed by atoms with Crippen LogP contribution in [-0.2, 0) is 0 Å². The molecule has 0 saturated carbocycles. The van der Waals surface area contributed by atoms with Gasteiger partial charge in [0.05, 0.1) is 5.69 Å². The second kappa shape index (κ2) is 5.98. The molecule has 0 N–H and O–H groups in total. The lowest BCUT2D eigenvalue weighted by Gasteiger charge is -2.18. The first kappa shape index (κ1) is 14.3. The summed E-state index contributed by atoms with van der Waals surface area (Å²) in [5.74, 6) is 0.136. The van der Waals surface area contributed by atoms with Gasteiger partial charge in [0.15, 0.2) is 0 Å². The molecule has 0 saturated heterocycles. The van der Waals surface area contributed by atoms with Crippen molar-refractivity contribution in [1.82, 2.24) is 9.78 Å². The third kappa shape index (κ3) is 2.84. The van der Waals surface area contributed by atoms with Gasteiger partial charge in [0, 0.05) is 18.2 Å². The van der Waals surface area contributed by atoms with Crippen LogP contribution in [-0.4, -0.2) is 9.78 Å². The molecule has 2 aromatic rings. The Hall–Kier alpha value is -2.68. The van der Waals surface area contributed by atoms with Crippen molar-refractivity contribution in [2.24, 2.45) is 5.92 Å². The molecular formula is C19H18N2O. The predicted molar refractivity (Wildman–Crippen MR) is 89.9 cm³/mol. The molecule has 110 valence electrons. The van der Waals surface area contributed by atoms with Gasteiger partial charge in [-0.1, -0.05) is 48.6 Å². The summed E-state index contributed by atoms with van der Waals surface area (Å²) in [7, 11) is 0. The van der Waals surface area contributed by atoms with E-state index in [9.17, 15) is 4.79 Å². The fourth-order valence-corrected chi connectivity index (χ4v) is 2.61. The van der Waals surface area contributed by atoms with Crippen LogP contribution in [0.1, 0.15) is 19.0 Å². The zero-order valence-electron chi connectivity index (χ0n) is 12.6. The Morgan fingerprint density at radius 2 is 2.05 bits per heavy atom. The lowest BCUT2D eigenvalue weighted by atomic mass is 9.88. The molecule has 1 aromatic heterocycles. The zero-order chi connectivity index (χ0) is 15.5. The first-order valence-electron chi connectivity index (χ1n) is 7.33. The van der Waals surface area contributed by atoms with E-state index in [2.05, 4.69) is 30.8 Å². The van der Waals surface area contributed by atoms with Gasteiger partial charge < -0.3 is 0 Å². The fraction of sp³-hybridized carbons (Fsp3) is 0.158. The van der Waals surface area contributed by atoms with Crippen molar-refractivity contribution < 1.29 is 0 Å². The predicted octanol–water partition coefficient (Wildman–Crippen LogP) is 3.77. The monoisotopic (exact) mass is 290 g/mol. The smallest absolute Gasteiger partial charge is 0.207 e. The van der Waals surface area contributed by atoms with Crippen molar-refractivity contribution in [3.8, 4) is 5.69 Å². The maximum Gasteiger partial charge on any atom is 0.207 e. The molecule has 1 aliphatic carbocycles. The summed E-state index contributed by atoms with van der Waals surface area (Å²) in [6.45, 7) is 6.21. The number of hydrogen-bond donors (Lipinski definition) is 0. The number of allylic oxidation sites excluding steroid dienone is 5. The van der Waals surface area contributed by atoms with Crippen LogP contribution >= 0.6 is 0 Å². The van der Waals surface area contributed by atoms with E-state index in [1.807, 2.05) is 36.4 Å². The van der Waals surface area contributed by atoms with Gasteiger partial charge in [0.25, 0.3) is 0 Å². The summed E-state index contributed by atoms with van der Waals surface area (Å²) in [5, 5.41) is 4.49. The number of aromatic nitrogens is 2. The minimum absolute atomic E-state index is 0.0854. The van der Waals surface area contributed by atoms with Gasteiger partial charge in [0.2, 0.25) is 5.43 Å². The molecule has 0 amide bonds. The van der Waals surface area contributed by atoms with Crippen molar-refractivity contribution in [2.45, 2.75) is 13.3 Å². The van der Waals surface area contributed by atoms with Gasteiger partial charge in [-0.2, -0.15) is 5.10 Å². The van der Waals surface area contributed by atoms with Crippen LogP contribution in [0.3, 0.4) is 0 Å². The Morgan fingerprint density at radius 3 is 2.77 bits per heavy atom. The highest BCUT2D eigenvalue weighted by Gasteiger charge is 2.18. The third-order valence-electron chi connectivity index (χ3n) is 3.85. The summed E-state index contributed by atoms with van der Waals surface area (Å²) in [4.78, 5) is 12.2. The minimum atomic E-state index is -0.0854. The molecule has 1 atom stereocenters. The van der Waals surface area contributed by atoms with Crippen LogP contribution in [0.25, 0.3) is 11.3 Å². The van der Waals surface area contributed by atoms with E-state index in [0.29, 0.717) is 5.69 Å². The molecule has 1 heterocycles. The average molecular weight is 290 g/mol. The molecule has 22 heavy (non-hydrogen) atoms. The number of para-hydroxylation sites is 1. The average Bonchev–Trinajstić information content (AvgIpc) is 2.55. The van der Waals surface area contributed by atoms with Crippen molar-refractivity contribution in [3.05, 3.63) is 88.9 Å². The molecule has 0 aliphatic heterocycles. The number of rotatable bonds is 3. The van der Waals surface area contributed by atoms with E-state index < -0.39 is 0 Å². The summed E-state index contributed by atoms with van der Waals surface area (Å²) in [6, 6.07) is 11.3. The second-order valence-electron chi connectivity index (χ2n) is 5.54. The van der Waals surface area contributed by atoms with E-state index in [-0.39, 0.29) is 11.3 Å². The summed E-state index contributed by atoms with van der Waals surface area (Å²) in [5.41, 5.74) is 3.34. The van der Waals surface area contributed by atoms with Crippen molar-refractivity contribution in [3.63, 3.8) is 0 Å². The molecule has 0 fully saturated rings. The molecule has 1 aliphatic rings. The van der Waals surface area contributed by atoms with E-state index in [4.69, 9.17) is 0 Å². The summed E-state index contributed by atoms with van der Waals surface area (Å²) < 4.78 is 1.72. The summed E-state index contributed by atoms with van der Waals surface area (Å²) >= 11 is 0. The largest absolute Gasteiger partial charge is 0.287 e. The maximum atomic E-state index is 12.2. The Kier molecular flexibility index (Phi) is 3.88. The molecule has 0 radical (unpaired) electrons. The molecule has 3 rings (SSSR count). The highest BCUT2D eigenvalue weighted by atomic mass is 16.1. The maximum absolute atomic E-state index is 12.2. The van der Waals surface area contributed by atoms with Crippen LogP contribution in [0.5, 0.6) is 0 Å². The van der Waals surface area contributed by atoms with Gasteiger partial charge in [-0.15, -0.1) is 0 Å². The van der Waals surface area contributed by atoms with Crippen LogP contribution in [0.15, 0.2) is 77.8 Å². The van der Waals surface area contributed by atoms with Crippen molar-refractivity contribution in [2.75, 3.05) is 0 Å². The van der Waals surface area contributed by atoms with E-state index in [1.165, 1.54) is 5.57 Å². The van der Waals surface area contributed by atoms with Gasteiger partial charge in [0.1, 0.15) is 5.69 Å². The van der Waals surface area contributed by atoms with Crippen LogP contribution in [0, 0.1) is 5.92 Å². The lowest BCUT2D eigenvalue weighted by molar-refractivity contribution is 0.771. The first-order chi connectivity index (χ1) is 10.6. The topological polar surface area (TPSA) is 34.9 Å². The van der Waals surface area contributed by atoms with E-state index >= 15 is 0 Å². The van der Waals surface area contributed by atoms with Crippen LogP contribution in [0.2, 0.25) is 0 Å². The number of benzene rings is 1. The Morgan fingerprint density at radius 1 is 1.27 bits per heavy atom. The molecule has 1 aromatic carbocycles. The Bertz CT molecular complexity index is 813. The van der Waals surface area contributed by atoms with Crippen LogP contribution in [0.4, 0.5) is 0 Å². The molecule has 3 heteroatoms. The molecule has 0 bridgehead atoms. The Labute approximate surface area is 129 Å². The van der Waals surface area contributed by atoms with E-state index in [0.717, 1.165) is 17.7 Å². The third-order valence-corrected chi connectivity index (χ3v) is 3.85. The standard InChI is InChI=1S/C19H18N2O/c1-14-7-6-8-16(13-14)15(2)19-18(22)11-12-21(20-19)17-9-4-3-5-10-17/h3-12,16H,2,13H2,1H3. The van der Waals surface area contributed by atoms with Gasteiger partial charge in [-0.25, -0.2) is 4.68 Å². The first-order valence-corrected chi connectivity index (χ1v) is 7.33. The molecular weight excluding hydrogens is 272 g/mol. The number of hydrogen-bond acceptors (Lipinski definition) is 2. The lowest BCUT2D eigenvalue weighted by Crippen LogP contribution is -2.18. The van der Waals surface area contributed by atoms with E-state index in [1.54, 1.807) is 16.9 Å². The molecule has 1 unspecified atom stereocenters. The van der Waals surface area contributed by atoms with Crippen molar-refractivity contribution >= 4 is 5.57 Å². The van der Waals surface area contributed by atoms with Gasteiger partial charge in [-0.3, -0.25) is 4.79 Å². The van der Waals surface area contributed by atoms with Crippen LogP contribution < -0.4 is 5.43 Å². The minimum Gasteiger partial charge on any atom is -0.287 e. The normalized spacial score (nSPS) is 17.1. The quantitative estimate of drug-likeness (QED) is 0.862.